The SMILES string of the molecule is O=C(CS)Cc1ccc(N2CCC3(CC2)C(=O)NCN3c2ccccc2)cc1. The van der Waals surface area contributed by atoms with E-state index in [0.717, 1.165) is 42.9 Å². The van der Waals surface area contributed by atoms with Gasteiger partial charge in [0, 0.05) is 36.6 Å². The van der Waals surface area contributed by atoms with Crippen LogP contribution in [0.4, 0.5) is 11.4 Å². The van der Waals surface area contributed by atoms with Gasteiger partial charge in [0.25, 0.3) is 0 Å². The largest absolute Gasteiger partial charge is 0.371 e. The lowest BCUT2D eigenvalue weighted by atomic mass is 9.85. The van der Waals surface area contributed by atoms with Gasteiger partial charge in [0.15, 0.2) is 0 Å². The summed E-state index contributed by atoms with van der Waals surface area (Å²) in [5.41, 5.74) is 2.78. The van der Waals surface area contributed by atoms with Crippen LogP contribution in [0.25, 0.3) is 0 Å². The number of hydrogen-bond donors (Lipinski definition) is 2. The molecule has 0 saturated carbocycles. The van der Waals surface area contributed by atoms with E-state index < -0.39 is 5.54 Å². The first-order valence-electron chi connectivity index (χ1n) is 9.70. The number of carbonyl (C=O) groups is 2. The predicted molar refractivity (Wildman–Crippen MR) is 115 cm³/mol. The van der Waals surface area contributed by atoms with E-state index in [1.165, 1.54) is 0 Å². The molecule has 1 amide bonds. The van der Waals surface area contributed by atoms with Crippen LogP contribution < -0.4 is 15.1 Å². The number of ketones is 1. The fourth-order valence-electron chi connectivity index (χ4n) is 4.28. The highest BCUT2D eigenvalue weighted by Crippen LogP contribution is 2.37. The van der Waals surface area contributed by atoms with Gasteiger partial charge in [-0.2, -0.15) is 12.6 Å². The monoisotopic (exact) mass is 395 g/mol. The number of nitrogens with one attached hydrogen (secondary N) is 1. The molecule has 1 N–H and O–H groups in total. The molecule has 28 heavy (non-hydrogen) atoms. The van der Waals surface area contributed by atoms with Gasteiger partial charge in [0.2, 0.25) is 5.91 Å². The lowest BCUT2D eigenvalue weighted by Gasteiger charge is -2.44. The molecule has 0 bridgehead atoms. The maximum absolute atomic E-state index is 12.7. The molecule has 0 radical (unpaired) electrons. The summed E-state index contributed by atoms with van der Waals surface area (Å²) in [6.45, 7) is 2.22. The number of hydrogen-bond acceptors (Lipinski definition) is 5. The summed E-state index contributed by atoms with van der Waals surface area (Å²) < 4.78 is 0. The number of carbonyl (C=O) groups excluding carboxylic acids is 2. The molecule has 2 aromatic carbocycles. The fraction of sp³-hybridized carbons (Fsp3) is 0.364. The van der Waals surface area contributed by atoms with Crippen molar-refractivity contribution >= 4 is 35.7 Å². The van der Waals surface area contributed by atoms with Gasteiger partial charge in [-0.1, -0.05) is 30.3 Å². The van der Waals surface area contributed by atoms with E-state index in [9.17, 15) is 9.59 Å². The Kier molecular flexibility index (Phi) is 5.31. The van der Waals surface area contributed by atoms with Gasteiger partial charge in [-0.05, 0) is 42.7 Å². The van der Waals surface area contributed by atoms with Crippen LogP contribution in [0, 0.1) is 0 Å². The number of benzene rings is 2. The van der Waals surface area contributed by atoms with Crippen molar-refractivity contribution in [1.82, 2.24) is 5.32 Å². The quantitative estimate of drug-likeness (QED) is 0.765. The Morgan fingerprint density at radius 1 is 1.00 bits per heavy atom. The summed E-state index contributed by atoms with van der Waals surface area (Å²) in [5.74, 6) is 0.538. The summed E-state index contributed by atoms with van der Waals surface area (Å²) in [6, 6.07) is 18.3. The molecule has 2 saturated heterocycles. The second-order valence-corrected chi connectivity index (χ2v) is 7.80. The average molecular weight is 396 g/mol. The third-order valence-electron chi connectivity index (χ3n) is 5.87. The fourth-order valence-corrected chi connectivity index (χ4v) is 4.39. The van der Waals surface area contributed by atoms with E-state index in [2.05, 4.69) is 52.0 Å². The van der Waals surface area contributed by atoms with Crippen molar-refractivity contribution < 1.29 is 9.59 Å². The van der Waals surface area contributed by atoms with Crippen molar-refractivity contribution in [3.8, 4) is 0 Å². The van der Waals surface area contributed by atoms with Gasteiger partial charge in [0.05, 0.1) is 6.67 Å². The smallest absolute Gasteiger partial charge is 0.247 e. The van der Waals surface area contributed by atoms with Gasteiger partial charge >= 0.3 is 0 Å². The van der Waals surface area contributed by atoms with Crippen LogP contribution in [0.15, 0.2) is 54.6 Å². The number of piperidine rings is 1. The molecule has 4 rings (SSSR count). The highest BCUT2D eigenvalue weighted by atomic mass is 32.1. The van der Waals surface area contributed by atoms with E-state index in [1.54, 1.807) is 0 Å². The maximum atomic E-state index is 12.7. The Labute approximate surface area is 171 Å². The van der Waals surface area contributed by atoms with Crippen LogP contribution in [0.1, 0.15) is 18.4 Å². The molecule has 0 atom stereocenters. The number of nitrogens with zero attached hydrogens (tertiary/aromatic N) is 2. The number of anilines is 2. The Balaban J connectivity index is 1.46. The minimum absolute atomic E-state index is 0.129. The zero-order valence-electron chi connectivity index (χ0n) is 15.8. The Morgan fingerprint density at radius 3 is 2.32 bits per heavy atom. The van der Waals surface area contributed by atoms with Crippen LogP contribution in [0.2, 0.25) is 0 Å². The molecule has 2 heterocycles. The van der Waals surface area contributed by atoms with Crippen LogP contribution in [0.5, 0.6) is 0 Å². The van der Waals surface area contributed by atoms with Crippen molar-refractivity contribution in [3.63, 3.8) is 0 Å². The molecule has 1 spiro atoms. The zero-order chi connectivity index (χ0) is 19.6. The molecule has 146 valence electrons. The second-order valence-electron chi connectivity index (χ2n) is 7.49. The molecule has 0 aliphatic carbocycles. The van der Waals surface area contributed by atoms with Gasteiger partial charge in [-0.25, -0.2) is 0 Å². The number of amides is 1. The lowest BCUT2D eigenvalue weighted by Crippen LogP contribution is -2.56. The molecular weight excluding hydrogens is 370 g/mol. The van der Waals surface area contributed by atoms with E-state index in [0.29, 0.717) is 13.1 Å². The summed E-state index contributed by atoms with van der Waals surface area (Å²) in [5, 5.41) is 3.04. The molecule has 6 heteroatoms. The molecule has 5 nitrogen and oxygen atoms in total. The van der Waals surface area contributed by atoms with Gasteiger partial charge in [-0.15, -0.1) is 0 Å². The number of Topliss-reactive ketones (excluding diaryl/α,β-unsaturated/α-hetero) is 1. The Hall–Kier alpha value is -2.47. The van der Waals surface area contributed by atoms with Crippen LogP contribution >= 0.6 is 12.6 Å². The normalized spacial score (nSPS) is 18.4. The molecule has 2 aliphatic heterocycles. The summed E-state index contributed by atoms with van der Waals surface area (Å²) in [4.78, 5) is 28.8. The summed E-state index contributed by atoms with van der Waals surface area (Å²) >= 11 is 4.04. The minimum atomic E-state index is -0.462. The zero-order valence-corrected chi connectivity index (χ0v) is 16.7. The standard InChI is InChI=1S/C22H25N3O2S/c26-20(15-28)14-17-6-8-18(9-7-17)24-12-10-22(11-13-24)21(27)23-16-25(22)19-4-2-1-3-5-19/h1-9,28H,10-16H2,(H,23,27). The van der Waals surface area contributed by atoms with Crippen molar-refractivity contribution in [2.75, 3.05) is 35.3 Å². The first-order valence-corrected chi connectivity index (χ1v) is 10.3. The van der Waals surface area contributed by atoms with Gasteiger partial charge < -0.3 is 15.1 Å². The van der Waals surface area contributed by atoms with Crippen LogP contribution in [0.3, 0.4) is 0 Å². The molecule has 0 unspecified atom stereocenters. The van der Waals surface area contributed by atoms with Gasteiger partial charge in [-0.3, -0.25) is 9.59 Å². The lowest BCUT2D eigenvalue weighted by molar-refractivity contribution is -0.124. The number of thiol groups is 1. The highest BCUT2D eigenvalue weighted by Gasteiger charge is 2.50. The third kappa shape index (κ3) is 3.49. The highest BCUT2D eigenvalue weighted by molar-refractivity contribution is 7.81. The van der Waals surface area contributed by atoms with Crippen molar-refractivity contribution in [1.29, 1.82) is 0 Å². The molecule has 2 aromatic rings. The average Bonchev–Trinajstić information content (AvgIpc) is 3.05. The van der Waals surface area contributed by atoms with Crippen molar-refractivity contribution in [2.45, 2.75) is 24.8 Å². The van der Waals surface area contributed by atoms with Crippen LogP contribution in [-0.2, 0) is 16.0 Å². The summed E-state index contributed by atoms with van der Waals surface area (Å²) in [7, 11) is 0. The van der Waals surface area contributed by atoms with E-state index in [4.69, 9.17) is 0 Å². The predicted octanol–water partition coefficient (Wildman–Crippen LogP) is 2.66. The molecule has 2 aliphatic rings. The molecule has 2 fully saturated rings. The van der Waals surface area contributed by atoms with E-state index in [-0.39, 0.29) is 17.4 Å². The Bertz CT molecular complexity index is 846. The minimum Gasteiger partial charge on any atom is -0.371 e. The maximum Gasteiger partial charge on any atom is 0.247 e. The van der Waals surface area contributed by atoms with Crippen molar-refractivity contribution in [2.24, 2.45) is 0 Å². The first-order chi connectivity index (χ1) is 13.6. The van der Waals surface area contributed by atoms with Crippen molar-refractivity contribution in [3.05, 3.63) is 60.2 Å². The first kappa shape index (κ1) is 18.9. The summed E-state index contributed by atoms with van der Waals surface area (Å²) in [6.07, 6.45) is 2.00. The third-order valence-corrected chi connectivity index (χ3v) is 6.23. The molecule has 0 aromatic heterocycles. The number of para-hydroxylation sites is 1. The Morgan fingerprint density at radius 2 is 1.68 bits per heavy atom. The van der Waals surface area contributed by atoms with E-state index in [1.807, 2.05) is 30.3 Å². The van der Waals surface area contributed by atoms with Gasteiger partial charge in [0.1, 0.15) is 11.3 Å². The van der Waals surface area contributed by atoms with E-state index >= 15 is 0 Å². The molecular formula is C22H25N3O2S. The second kappa shape index (κ2) is 7.87. The topological polar surface area (TPSA) is 52.7 Å². The number of rotatable bonds is 5. The van der Waals surface area contributed by atoms with Crippen LogP contribution in [-0.4, -0.2) is 42.7 Å².